The molecule has 3 saturated heterocycles. The van der Waals surface area contributed by atoms with Crippen LogP contribution in [0.3, 0.4) is 0 Å². The Morgan fingerprint density at radius 2 is 1.62 bits per heavy atom. The summed E-state index contributed by atoms with van der Waals surface area (Å²) in [5, 5.41) is 11.4. The van der Waals surface area contributed by atoms with Gasteiger partial charge in [-0.15, -0.1) is 11.3 Å². The van der Waals surface area contributed by atoms with E-state index in [1.165, 1.54) is 12.1 Å². The summed E-state index contributed by atoms with van der Waals surface area (Å²) in [7, 11) is -9.28. The van der Waals surface area contributed by atoms with Gasteiger partial charge in [0.05, 0.1) is 16.8 Å². The zero-order valence-corrected chi connectivity index (χ0v) is 26.5. The summed E-state index contributed by atoms with van der Waals surface area (Å²) in [5.41, 5.74) is 0.615. The molecule has 0 atom stereocenters. The molecular weight excluding hydrogens is 661 g/mol. The van der Waals surface area contributed by atoms with E-state index < -0.39 is 67.2 Å². The molecule has 0 aliphatic carbocycles. The number of rotatable bonds is 13. The molecule has 0 saturated carbocycles. The van der Waals surface area contributed by atoms with Crippen molar-refractivity contribution < 1.29 is 54.0 Å². The maximum atomic E-state index is 15.3. The normalized spacial score (nSPS) is 21.6. The molecular formula is C27H32F4N5O6PS2+2. The van der Waals surface area contributed by atoms with E-state index in [4.69, 9.17) is 19.8 Å². The van der Waals surface area contributed by atoms with E-state index in [1.807, 2.05) is 0 Å². The molecule has 45 heavy (non-hydrogen) atoms. The molecule has 1 aromatic heterocycles. The van der Waals surface area contributed by atoms with Gasteiger partial charge in [-0.1, -0.05) is 0 Å². The SMILES string of the molecule is N#Cc1ccc(NCCC[N+]23CC[N+](CCOc4c(F)c(F)c5cc(S(=O)(=O)NCP(=O)(O)O)sc5c4F)(CC2)CC3)cc1F. The third kappa shape index (κ3) is 7.28. The minimum Gasteiger partial charge on any atom is -0.481 e. The molecule has 3 aromatic rings. The zero-order valence-electron chi connectivity index (χ0n) is 23.9. The third-order valence-corrected chi connectivity index (χ3v) is 12.4. The number of nitrogens with zero attached hydrogens (tertiary/aromatic N) is 3. The third-order valence-electron chi connectivity index (χ3n) is 8.65. The fourth-order valence-electron chi connectivity index (χ4n) is 5.93. The first-order valence-electron chi connectivity index (χ1n) is 14.1. The average Bonchev–Trinajstić information content (AvgIpc) is 3.47. The number of halogens is 4. The van der Waals surface area contributed by atoms with Gasteiger partial charge in [0.1, 0.15) is 74.8 Å². The molecule has 244 valence electrons. The van der Waals surface area contributed by atoms with Crippen LogP contribution in [0.2, 0.25) is 0 Å². The molecule has 3 aliphatic heterocycles. The molecule has 0 spiro atoms. The molecule has 3 aliphatic rings. The summed E-state index contributed by atoms with van der Waals surface area (Å²) >= 11 is 0.295. The quantitative estimate of drug-likeness (QED) is 0.0702. The van der Waals surface area contributed by atoms with E-state index in [0.717, 1.165) is 56.7 Å². The van der Waals surface area contributed by atoms with Crippen molar-refractivity contribution >= 4 is 44.7 Å². The molecule has 4 heterocycles. The Kier molecular flexibility index (Phi) is 9.52. The Balaban J connectivity index is 1.16. The van der Waals surface area contributed by atoms with Crippen LogP contribution in [-0.4, -0.2) is 99.0 Å². The Morgan fingerprint density at radius 3 is 2.22 bits per heavy atom. The molecule has 3 fully saturated rings. The lowest BCUT2D eigenvalue weighted by Gasteiger charge is -2.55. The number of anilines is 1. The van der Waals surface area contributed by atoms with Gasteiger partial charge in [0, 0.05) is 24.0 Å². The Bertz CT molecular complexity index is 1790. The molecule has 18 heteroatoms. The van der Waals surface area contributed by atoms with Gasteiger partial charge in [0.25, 0.3) is 10.0 Å². The fourth-order valence-corrected chi connectivity index (χ4v) is 9.38. The van der Waals surface area contributed by atoms with E-state index in [1.54, 1.807) is 16.9 Å². The van der Waals surface area contributed by atoms with Crippen molar-refractivity contribution in [2.24, 2.45) is 0 Å². The van der Waals surface area contributed by atoms with Crippen molar-refractivity contribution in [2.45, 2.75) is 10.6 Å². The number of nitrogens with one attached hydrogen (secondary N) is 2. The van der Waals surface area contributed by atoms with Crippen LogP contribution in [0.4, 0.5) is 23.2 Å². The van der Waals surface area contributed by atoms with Crippen LogP contribution >= 0.6 is 18.9 Å². The predicted molar refractivity (Wildman–Crippen MR) is 158 cm³/mol. The maximum Gasteiger partial charge on any atom is 0.340 e. The highest BCUT2D eigenvalue weighted by Gasteiger charge is 2.48. The number of sulfonamides is 1. The van der Waals surface area contributed by atoms with Crippen LogP contribution in [0.25, 0.3) is 10.1 Å². The van der Waals surface area contributed by atoms with Crippen molar-refractivity contribution in [2.75, 3.05) is 77.1 Å². The van der Waals surface area contributed by atoms with Gasteiger partial charge in [-0.25, -0.2) is 21.6 Å². The fraction of sp³-hybridized carbons (Fsp3) is 0.444. The van der Waals surface area contributed by atoms with E-state index in [2.05, 4.69) is 5.32 Å². The van der Waals surface area contributed by atoms with Crippen molar-refractivity contribution in [3.63, 3.8) is 0 Å². The Labute approximate surface area is 261 Å². The number of hydrogen-bond donors (Lipinski definition) is 4. The minimum atomic E-state index is -4.74. The average molecular weight is 694 g/mol. The highest BCUT2D eigenvalue weighted by Crippen LogP contribution is 2.40. The van der Waals surface area contributed by atoms with E-state index in [-0.39, 0.29) is 12.2 Å². The summed E-state index contributed by atoms with van der Waals surface area (Å²) in [6, 6.07) is 6.93. The number of quaternary nitrogens is 2. The van der Waals surface area contributed by atoms with Crippen molar-refractivity contribution in [1.29, 1.82) is 5.26 Å². The largest absolute Gasteiger partial charge is 0.481 e. The summed E-state index contributed by atoms with van der Waals surface area (Å²) < 4.78 is 102. The van der Waals surface area contributed by atoms with Gasteiger partial charge in [0.2, 0.25) is 5.82 Å². The lowest BCUT2D eigenvalue weighted by molar-refractivity contribution is -1.08. The lowest BCUT2D eigenvalue weighted by Crippen LogP contribution is -2.75. The molecule has 0 amide bonds. The summed E-state index contributed by atoms with van der Waals surface area (Å²) in [6.45, 7) is 7.19. The van der Waals surface area contributed by atoms with Crippen LogP contribution in [0.15, 0.2) is 28.5 Å². The van der Waals surface area contributed by atoms with Gasteiger partial charge in [-0.05, 0) is 24.3 Å². The first-order chi connectivity index (χ1) is 21.2. The minimum absolute atomic E-state index is 0.00150. The van der Waals surface area contributed by atoms with Gasteiger partial charge in [-0.2, -0.15) is 14.4 Å². The van der Waals surface area contributed by atoms with Crippen molar-refractivity contribution in [3.8, 4) is 11.8 Å². The van der Waals surface area contributed by atoms with Crippen molar-refractivity contribution in [3.05, 3.63) is 53.1 Å². The molecule has 6 rings (SSSR count). The van der Waals surface area contributed by atoms with Gasteiger partial charge in [-0.3, -0.25) is 4.57 Å². The van der Waals surface area contributed by atoms with E-state index >= 15 is 4.39 Å². The Hall–Kier alpha value is -2.81. The molecule has 2 bridgehead atoms. The molecule has 0 radical (unpaired) electrons. The van der Waals surface area contributed by atoms with E-state index in [0.29, 0.717) is 40.7 Å². The summed E-state index contributed by atoms with van der Waals surface area (Å²) in [5.74, 6) is -5.84. The highest BCUT2D eigenvalue weighted by molar-refractivity contribution is 7.92. The van der Waals surface area contributed by atoms with Crippen LogP contribution in [0.5, 0.6) is 5.75 Å². The zero-order chi connectivity index (χ0) is 32.6. The smallest absolute Gasteiger partial charge is 0.340 e. The standard InChI is InChI=1S/C27H30F4N5O6PS2/c28-21-14-19(3-2-18(21)16-32)33-4-1-5-35-6-9-36(10-7-35,11-8-35)12-13-42-26-24(30)23(29)20-15-22(44-27(20)25(26)31)45(40,41)34-17-43(37,38)39/h2-3,14-15,33-34H,1,4-13,17H2/p+2. The topological polar surface area (TPSA) is 149 Å². The maximum absolute atomic E-state index is 15.3. The van der Waals surface area contributed by atoms with Crippen LogP contribution < -0.4 is 14.8 Å². The predicted octanol–water partition coefficient (Wildman–Crippen LogP) is 3.28. The second kappa shape index (κ2) is 12.8. The molecule has 4 N–H and O–H groups in total. The number of benzene rings is 2. The number of nitriles is 1. The number of fused-ring (bicyclic) bond motifs is 4. The van der Waals surface area contributed by atoms with Gasteiger partial charge < -0.3 is 28.8 Å². The number of ether oxygens (including phenoxy) is 1. The Morgan fingerprint density at radius 1 is 0.978 bits per heavy atom. The van der Waals surface area contributed by atoms with Crippen LogP contribution in [0, 0.1) is 34.6 Å². The summed E-state index contributed by atoms with van der Waals surface area (Å²) in [6.07, 6.45) is -0.348. The number of piperazine rings is 3. The number of hydrogen-bond acceptors (Lipinski definition) is 7. The van der Waals surface area contributed by atoms with Gasteiger partial charge >= 0.3 is 7.60 Å². The first kappa shape index (κ1) is 33.6. The molecule has 2 aromatic carbocycles. The first-order valence-corrected chi connectivity index (χ1v) is 18.2. The lowest BCUT2D eigenvalue weighted by atomic mass is 10.1. The summed E-state index contributed by atoms with van der Waals surface area (Å²) in [4.78, 5) is 17.9. The van der Waals surface area contributed by atoms with E-state index in [9.17, 15) is 26.2 Å². The molecule has 11 nitrogen and oxygen atoms in total. The second-order valence-corrected chi connectivity index (χ2v) is 16.1. The highest BCUT2D eigenvalue weighted by atomic mass is 32.2. The second-order valence-electron chi connectivity index (χ2n) is 11.5. The number of thiophene rings is 1. The van der Waals surface area contributed by atoms with Crippen LogP contribution in [0.1, 0.15) is 12.0 Å². The monoisotopic (exact) mass is 693 g/mol. The molecule has 0 unspecified atom stereocenters. The van der Waals surface area contributed by atoms with Gasteiger partial charge in [0.15, 0.2) is 17.4 Å². The van der Waals surface area contributed by atoms with Crippen LogP contribution in [-0.2, 0) is 14.6 Å². The van der Waals surface area contributed by atoms with Crippen molar-refractivity contribution in [1.82, 2.24) is 4.72 Å².